The van der Waals surface area contributed by atoms with E-state index < -0.39 is 0 Å². The molecule has 4 heavy (non-hydrogen) atoms. The second kappa shape index (κ2) is 15.8. The summed E-state index contributed by atoms with van der Waals surface area (Å²) in [5.41, 5.74) is 0. The molecule has 0 bridgehead atoms. The van der Waals surface area contributed by atoms with Gasteiger partial charge in [-0.05, 0) is 0 Å². The molecule has 0 aromatic heterocycles. The van der Waals surface area contributed by atoms with E-state index in [1.807, 2.05) is 0 Å². The first-order valence-corrected chi connectivity index (χ1v) is 0. The Morgan fingerprint density at radius 3 is 1.00 bits per heavy atom. The molecular formula is H2DyLaSrYb. The molecule has 0 amide bonds. The molecule has 1 radical (unpaired) electrons. The molecule has 0 atom stereocenters. The summed E-state index contributed by atoms with van der Waals surface area (Å²) in [7, 11) is 0. The second-order valence-electron chi connectivity index (χ2n) is 0. The first-order chi connectivity index (χ1) is 0. The van der Waals surface area contributed by atoms with E-state index in [4.69, 9.17) is 0 Å². The zero-order chi connectivity index (χ0) is 0. The Labute approximate surface area is 160 Å². The molecule has 0 spiro atoms. The van der Waals surface area contributed by atoms with E-state index in [9.17, 15) is 0 Å². The maximum Gasteiger partial charge on any atom is 0 e. The van der Waals surface area contributed by atoms with Gasteiger partial charge in [0.2, 0.25) is 0 Å². The molecule has 0 fully saturated rings. The number of hydrogen-bond donors (Lipinski definition) is 0. The van der Waals surface area contributed by atoms with Crippen molar-refractivity contribution >= 4 is 45.5 Å². The zero-order valence-electron chi connectivity index (χ0n) is 1.16. The largest absolute Gasteiger partial charge is 0 e. The fourth-order valence-corrected chi connectivity index (χ4v) is 0. The monoisotopic (exact) mass is 567 g/mol. The molecule has 31 valence electrons. The maximum absolute atomic E-state index is 0. The van der Waals surface area contributed by atoms with Crippen LogP contribution in [0.25, 0.3) is 0 Å². The summed E-state index contributed by atoms with van der Waals surface area (Å²) in [6, 6.07) is 0. The number of rotatable bonds is 0. The molecule has 0 aliphatic rings. The van der Waals surface area contributed by atoms with Crippen LogP contribution in [0.1, 0.15) is 0 Å². The van der Waals surface area contributed by atoms with Crippen molar-refractivity contribution in [3.8, 4) is 0 Å². The summed E-state index contributed by atoms with van der Waals surface area (Å²) >= 11 is 0. The average molecular weight is 564 g/mol. The van der Waals surface area contributed by atoms with Gasteiger partial charge in [-0.25, -0.2) is 0 Å². The fourth-order valence-electron chi connectivity index (χ4n) is 0. The van der Waals surface area contributed by atoms with Gasteiger partial charge in [0.05, 0.1) is 0 Å². The van der Waals surface area contributed by atoms with Gasteiger partial charge in [-0.1, -0.05) is 0 Å². The Morgan fingerprint density at radius 1 is 1.00 bits per heavy atom. The summed E-state index contributed by atoms with van der Waals surface area (Å²) in [5.74, 6) is 0. The van der Waals surface area contributed by atoms with Crippen LogP contribution in [0.4, 0.5) is 0 Å². The summed E-state index contributed by atoms with van der Waals surface area (Å²) in [6.45, 7) is 0. The van der Waals surface area contributed by atoms with Crippen LogP contribution < -0.4 is 0 Å². The minimum Gasteiger partial charge on any atom is 0 e. The summed E-state index contributed by atoms with van der Waals surface area (Å²) in [5, 5.41) is 0. The van der Waals surface area contributed by atoms with Crippen molar-refractivity contribution in [2.75, 3.05) is 0 Å². The molecule has 0 N–H and O–H groups in total. The Balaban J connectivity index is 0. The molecule has 0 saturated heterocycles. The van der Waals surface area contributed by atoms with Gasteiger partial charge in [0.1, 0.15) is 0 Å². The van der Waals surface area contributed by atoms with Crippen molar-refractivity contribution in [2.45, 2.75) is 0 Å². The fraction of sp³-hybridized carbons (Fsp3) is 0. The van der Waals surface area contributed by atoms with Gasteiger partial charge in [-0.3, -0.25) is 0 Å². The minimum absolute atomic E-state index is 0. The van der Waals surface area contributed by atoms with Crippen molar-refractivity contribution in [2.24, 2.45) is 0 Å². The molecule has 0 nitrogen and oxygen atoms in total. The van der Waals surface area contributed by atoms with E-state index in [2.05, 4.69) is 0 Å². The molecule has 4 heteroatoms. The van der Waals surface area contributed by atoms with Gasteiger partial charge in [-0.15, -0.1) is 0 Å². The topological polar surface area (TPSA) is 0 Å². The van der Waals surface area contributed by atoms with Crippen molar-refractivity contribution < 1.29 is 121 Å². The maximum atomic E-state index is 0. The van der Waals surface area contributed by atoms with Crippen LogP contribution >= 0.6 is 0 Å². The second-order valence-corrected chi connectivity index (χ2v) is 0. The molecule has 0 aliphatic heterocycles. The predicted octanol–water partition coefficient (Wildman–Crippen LogP) is -0.916. The minimum atomic E-state index is 0. The number of hydrogen-bond acceptors (Lipinski definition) is 0. The van der Waals surface area contributed by atoms with E-state index >= 15 is 0 Å². The molecule has 0 aliphatic carbocycles. The van der Waals surface area contributed by atoms with Gasteiger partial charge >= 0.3 is 45.5 Å². The summed E-state index contributed by atoms with van der Waals surface area (Å²) < 4.78 is 0. The van der Waals surface area contributed by atoms with Gasteiger partial charge < -0.3 is 0 Å². The Hall–Kier alpha value is 5.47. The van der Waals surface area contributed by atoms with Crippen LogP contribution in [0.5, 0.6) is 0 Å². The van der Waals surface area contributed by atoms with Crippen LogP contribution in [0.3, 0.4) is 0 Å². The van der Waals surface area contributed by atoms with Crippen LogP contribution in [-0.4, -0.2) is 45.5 Å². The van der Waals surface area contributed by atoms with Crippen LogP contribution in [0.15, 0.2) is 0 Å². The first-order valence-electron chi connectivity index (χ1n) is 0. The van der Waals surface area contributed by atoms with Crippen LogP contribution in [0, 0.1) is 121 Å². The molecule has 0 aromatic rings. The SMILES string of the molecule is [Dy].[La].[SrH2].[Yb]. The van der Waals surface area contributed by atoms with E-state index in [1.165, 1.54) is 0 Å². The third kappa shape index (κ3) is 10.4. The van der Waals surface area contributed by atoms with Gasteiger partial charge in [0, 0.05) is 121 Å². The third-order valence-electron chi connectivity index (χ3n) is 0. The Bertz CT molecular complexity index is 8.00. The van der Waals surface area contributed by atoms with E-state index in [0.717, 1.165) is 0 Å². The first kappa shape index (κ1) is 22.7. The zero-order valence-corrected chi connectivity index (χ0v) is 8.53. The van der Waals surface area contributed by atoms with Crippen molar-refractivity contribution in [3.05, 3.63) is 0 Å². The van der Waals surface area contributed by atoms with Crippen molar-refractivity contribution in [3.63, 3.8) is 0 Å². The molecule has 0 rings (SSSR count). The molecule has 0 heterocycles. The van der Waals surface area contributed by atoms with E-state index in [-0.39, 0.29) is 166 Å². The third-order valence-corrected chi connectivity index (χ3v) is 0. The van der Waals surface area contributed by atoms with E-state index in [0.29, 0.717) is 0 Å². The average Bonchev–Trinajstić information content (AvgIpc) is 0. The molecule has 0 aromatic carbocycles. The molecule has 0 unspecified atom stereocenters. The summed E-state index contributed by atoms with van der Waals surface area (Å²) in [6.07, 6.45) is 0. The van der Waals surface area contributed by atoms with E-state index in [1.54, 1.807) is 0 Å². The van der Waals surface area contributed by atoms with Crippen LogP contribution in [0.2, 0.25) is 0 Å². The van der Waals surface area contributed by atoms with Gasteiger partial charge in [0.25, 0.3) is 0 Å². The van der Waals surface area contributed by atoms with Crippen molar-refractivity contribution in [1.82, 2.24) is 0 Å². The standard InChI is InChI=1S/Dy.La.Sr.Yb.2H. The quantitative estimate of drug-likeness (QED) is 0.335. The predicted molar refractivity (Wildman–Crippen MR) is 8.54 cm³/mol. The molecule has 0 saturated carbocycles. The normalized spacial score (nSPS) is 0. The Morgan fingerprint density at radius 2 is 1.00 bits per heavy atom. The molecular weight excluding hydrogens is 562 g/mol. The smallest absolute Gasteiger partial charge is 0 e. The van der Waals surface area contributed by atoms with Crippen LogP contribution in [-0.2, 0) is 0 Å². The van der Waals surface area contributed by atoms with Crippen molar-refractivity contribution in [1.29, 1.82) is 0 Å². The van der Waals surface area contributed by atoms with Gasteiger partial charge in [-0.2, -0.15) is 0 Å². The Kier molecular flexibility index (Phi) is 89.7. The summed E-state index contributed by atoms with van der Waals surface area (Å²) in [4.78, 5) is 0. The van der Waals surface area contributed by atoms with Gasteiger partial charge in [0.15, 0.2) is 0 Å².